The molecule has 0 heterocycles. The Morgan fingerprint density at radius 2 is 1.92 bits per heavy atom. The molecule has 0 amide bonds. The summed E-state index contributed by atoms with van der Waals surface area (Å²) in [7, 11) is 0. The van der Waals surface area contributed by atoms with E-state index in [-0.39, 0.29) is 19.3 Å². The molecule has 0 unspecified atom stereocenters. The predicted molar refractivity (Wildman–Crippen MR) is 45.4 cm³/mol. The third-order valence-electron chi connectivity index (χ3n) is 1.59. The smallest absolute Gasteiger partial charge is 0.0621 e. The number of rotatable bonds is 7. The van der Waals surface area contributed by atoms with E-state index in [0.29, 0.717) is 6.42 Å². The van der Waals surface area contributed by atoms with Crippen LogP contribution in [0.1, 0.15) is 19.3 Å². The van der Waals surface area contributed by atoms with Crippen LogP contribution >= 0.6 is 0 Å². The van der Waals surface area contributed by atoms with Gasteiger partial charge in [-0.05, 0) is 19.4 Å². The standard InChI is InChI=1S/C8H16N2O2/c9-4-2-1-3-5-10-8(6-11)7-12/h8,10-12H,1-3,5-7H2. The molecule has 0 aromatic carbocycles. The molecular weight excluding hydrogens is 156 g/mol. The van der Waals surface area contributed by atoms with Crippen molar-refractivity contribution in [2.45, 2.75) is 25.3 Å². The first-order valence-electron chi connectivity index (χ1n) is 4.17. The number of aliphatic hydroxyl groups excluding tert-OH is 2. The molecule has 0 rings (SSSR count). The van der Waals surface area contributed by atoms with Gasteiger partial charge < -0.3 is 15.5 Å². The minimum Gasteiger partial charge on any atom is -0.395 e. The maximum absolute atomic E-state index is 8.65. The quantitative estimate of drug-likeness (QED) is 0.458. The molecule has 4 nitrogen and oxygen atoms in total. The summed E-state index contributed by atoms with van der Waals surface area (Å²) in [6.07, 6.45) is 2.35. The Morgan fingerprint density at radius 3 is 2.42 bits per heavy atom. The van der Waals surface area contributed by atoms with E-state index in [1.165, 1.54) is 0 Å². The first-order valence-corrected chi connectivity index (χ1v) is 4.17. The minimum atomic E-state index is -0.216. The molecule has 0 fully saturated rings. The SMILES string of the molecule is N#CCCCCNC(CO)CO. The molecule has 0 saturated carbocycles. The first kappa shape index (κ1) is 11.4. The number of aliphatic hydroxyl groups is 2. The number of hydrogen-bond donors (Lipinski definition) is 3. The molecule has 0 aliphatic heterocycles. The van der Waals surface area contributed by atoms with Gasteiger partial charge in [-0.25, -0.2) is 0 Å². The molecule has 4 heteroatoms. The number of hydrogen-bond acceptors (Lipinski definition) is 4. The Morgan fingerprint density at radius 1 is 1.25 bits per heavy atom. The first-order chi connectivity index (χ1) is 5.85. The Hall–Kier alpha value is -0.630. The fraction of sp³-hybridized carbons (Fsp3) is 0.875. The van der Waals surface area contributed by atoms with Crippen LogP contribution in [0, 0.1) is 11.3 Å². The van der Waals surface area contributed by atoms with Gasteiger partial charge in [-0.3, -0.25) is 0 Å². The van der Waals surface area contributed by atoms with E-state index in [0.717, 1.165) is 19.4 Å². The highest BCUT2D eigenvalue weighted by Gasteiger charge is 2.02. The van der Waals surface area contributed by atoms with E-state index in [4.69, 9.17) is 15.5 Å². The van der Waals surface area contributed by atoms with E-state index in [2.05, 4.69) is 11.4 Å². The van der Waals surface area contributed by atoms with Crippen molar-refractivity contribution in [3.63, 3.8) is 0 Å². The lowest BCUT2D eigenvalue weighted by Gasteiger charge is -2.12. The molecule has 0 aromatic heterocycles. The molecular formula is C8H16N2O2. The molecule has 0 aliphatic rings. The molecule has 0 aliphatic carbocycles. The monoisotopic (exact) mass is 172 g/mol. The van der Waals surface area contributed by atoms with Gasteiger partial charge in [-0.2, -0.15) is 5.26 Å². The van der Waals surface area contributed by atoms with Crippen LogP contribution in [0.15, 0.2) is 0 Å². The Bertz CT molecular complexity index is 130. The van der Waals surface area contributed by atoms with Gasteiger partial charge in [-0.1, -0.05) is 0 Å². The fourth-order valence-electron chi connectivity index (χ4n) is 0.822. The van der Waals surface area contributed by atoms with Crippen molar-refractivity contribution in [1.82, 2.24) is 5.32 Å². The number of nitriles is 1. The van der Waals surface area contributed by atoms with Gasteiger partial charge in [0.05, 0.1) is 25.3 Å². The van der Waals surface area contributed by atoms with E-state index in [1.807, 2.05) is 0 Å². The van der Waals surface area contributed by atoms with Crippen LogP contribution in [-0.4, -0.2) is 36.0 Å². The van der Waals surface area contributed by atoms with E-state index in [1.54, 1.807) is 0 Å². The van der Waals surface area contributed by atoms with Crippen molar-refractivity contribution < 1.29 is 10.2 Å². The third-order valence-corrected chi connectivity index (χ3v) is 1.59. The van der Waals surface area contributed by atoms with E-state index < -0.39 is 0 Å². The lowest BCUT2D eigenvalue weighted by Crippen LogP contribution is -2.36. The maximum Gasteiger partial charge on any atom is 0.0621 e. The molecule has 0 spiro atoms. The largest absolute Gasteiger partial charge is 0.395 e. The second-order valence-corrected chi connectivity index (χ2v) is 2.63. The molecule has 0 aromatic rings. The highest BCUT2D eigenvalue weighted by Crippen LogP contribution is 1.92. The van der Waals surface area contributed by atoms with Crippen LogP contribution in [0.25, 0.3) is 0 Å². The molecule has 12 heavy (non-hydrogen) atoms. The van der Waals surface area contributed by atoms with Gasteiger partial charge >= 0.3 is 0 Å². The molecule has 0 saturated heterocycles. The normalized spacial score (nSPS) is 10.2. The van der Waals surface area contributed by atoms with Gasteiger partial charge in [0.15, 0.2) is 0 Å². The van der Waals surface area contributed by atoms with Gasteiger partial charge in [0.2, 0.25) is 0 Å². The summed E-state index contributed by atoms with van der Waals surface area (Å²) < 4.78 is 0. The van der Waals surface area contributed by atoms with Crippen molar-refractivity contribution in [2.75, 3.05) is 19.8 Å². The summed E-state index contributed by atoms with van der Waals surface area (Å²) in [6.45, 7) is 0.650. The van der Waals surface area contributed by atoms with Crippen molar-refractivity contribution in [2.24, 2.45) is 0 Å². The second kappa shape index (κ2) is 8.47. The van der Waals surface area contributed by atoms with Crippen LogP contribution in [0.2, 0.25) is 0 Å². The average Bonchev–Trinajstić information content (AvgIpc) is 2.11. The molecule has 70 valence electrons. The van der Waals surface area contributed by atoms with E-state index in [9.17, 15) is 0 Å². The van der Waals surface area contributed by atoms with Crippen molar-refractivity contribution >= 4 is 0 Å². The summed E-state index contributed by atoms with van der Waals surface area (Å²) in [4.78, 5) is 0. The molecule has 0 bridgehead atoms. The lowest BCUT2D eigenvalue weighted by molar-refractivity contribution is 0.171. The summed E-state index contributed by atoms with van der Waals surface area (Å²) in [5.41, 5.74) is 0. The summed E-state index contributed by atoms with van der Waals surface area (Å²) in [6, 6.07) is 1.84. The highest BCUT2D eigenvalue weighted by atomic mass is 16.3. The number of unbranched alkanes of at least 4 members (excludes halogenated alkanes) is 2. The maximum atomic E-state index is 8.65. The van der Waals surface area contributed by atoms with Gasteiger partial charge in [0.25, 0.3) is 0 Å². The fourth-order valence-corrected chi connectivity index (χ4v) is 0.822. The van der Waals surface area contributed by atoms with Crippen molar-refractivity contribution in [3.05, 3.63) is 0 Å². The minimum absolute atomic E-state index is 0.0469. The zero-order valence-corrected chi connectivity index (χ0v) is 7.16. The third kappa shape index (κ3) is 6.10. The van der Waals surface area contributed by atoms with Crippen LogP contribution < -0.4 is 5.32 Å². The molecule has 0 atom stereocenters. The molecule has 3 N–H and O–H groups in total. The lowest BCUT2D eigenvalue weighted by atomic mass is 10.2. The predicted octanol–water partition coefficient (Wildman–Crippen LogP) is -0.377. The van der Waals surface area contributed by atoms with Crippen molar-refractivity contribution in [3.8, 4) is 6.07 Å². The van der Waals surface area contributed by atoms with Crippen molar-refractivity contribution in [1.29, 1.82) is 5.26 Å². The van der Waals surface area contributed by atoms with Crippen LogP contribution in [0.5, 0.6) is 0 Å². The van der Waals surface area contributed by atoms with E-state index >= 15 is 0 Å². The topological polar surface area (TPSA) is 76.3 Å². The Balaban J connectivity index is 3.13. The average molecular weight is 172 g/mol. The van der Waals surface area contributed by atoms with Gasteiger partial charge in [-0.15, -0.1) is 0 Å². The molecule has 0 radical (unpaired) electrons. The Labute approximate surface area is 72.8 Å². The Kier molecular flexibility index (Phi) is 8.02. The zero-order chi connectivity index (χ0) is 9.23. The number of nitrogens with zero attached hydrogens (tertiary/aromatic N) is 1. The van der Waals surface area contributed by atoms with Crippen LogP contribution in [0.3, 0.4) is 0 Å². The second-order valence-electron chi connectivity index (χ2n) is 2.63. The van der Waals surface area contributed by atoms with Gasteiger partial charge in [0.1, 0.15) is 0 Å². The number of nitrogens with one attached hydrogen (secondary N) is 1. The van der Waals surface area contributed by atoms with Gasteiger partial charge in [0, 0.05) is 6.42 Å². The summed E-state index contributed by atoms with van der Waals surface area (Å²) in [5, 5.41) is 28.5. The van der Waals surface area contributed by atoms with Crippen LogP contribution in [0.4, 0.5) is 0 Å². The summed E-state index contributed by atoms with van der Waals surface area (Å²) in [5.74, 6) is 0. The highest BCUT2D eigenvalue weighted by molar-refractivity contribution is 4.69. The van der Waals surface area contributed by atoms with Crippen LogP contribution in [-0.2, 0) is 0 Å². The summed E-state index contributed by atoms with van der Waals surface area (Å²) >= 11 is 0. The zero-order valence-electron chi connectivity index (χ0n) is 7.16.